The Hall–Kier alpha value is -1.75. The molecule has 0 aliphatic carbocycles. The van der Waals surface area contributed by atoms with Crippen LogP contribution in [-0.2, 0) is 6.42 Å². The van der Waals surface area contributed by atoms with Crippen molar-refractivity contribution in [2.75, 3.05) is 31.6 Å². The second kappa shape index (κ2) is 7.01. The lowest BCUT2D eigenvalue weighted by molar-refractivity contribution is 0.196. The number of nitrogens with zero attached hydrogens (tertiary/aromatic N) is 1. The zero-order valence-corrected chi connectivity index (χ0v) is 13.2. The van der Waals surface area contributed by atoms with Crippen molar-refractivity contribution in [3.63, 3.8) is 0 Å². The van der Waals surface area contributed by atoms with Crippen LogP contribution >= 0.6 is 0 Å². The van der Waals surface area contributed by atoms with Crippen molar-refractivity contribution in [2.24, 2.45) is 0 Å². The smallest absolute Gasteiger partial charge is 0.319 e. The van der Waals surface area contributed by atoms with Crippen molar-refractivity contribution in [1.29, 1.82) is 0 Å². The zero-order valence-electron chi connectivity index (χ0n) is 13.2. The lowest BCUT2D eigenvalue weighted by Gasteiger charge is -2.32. The number of ether oxygens (including phenoxy) is 1. The molecule has 0 radical (unpaired) electrons. The van der Waals surface area contributed by atoms with Crippen molar-refractivity contribution in [3.05, 3.63) is 23.8 Å². The van der Waals surface area contributed by atoms with Crippen LogP contribution in [0.2, 0.25) is 0 Å². The van der Waals surface area contributed by atoms with E-state index in [1.54, 1.807) is 0 Å². The number of piperidine rings is 1. The highest BCUT2D eigenvalue weighted by Crippen LogP contribution is 2.27. The average molecular weight is 303 g/mol. The standard InChI is InChI=1S/C17H25N3O2/c1-2-8-20-9-5-14(6-10-20)18-17(21)19-15-3-4-16-13(12-15)7-11-22-16/h3-4,12,14H,2,5-11H2,1H3,(H2,18,19,21). The molecule has 22 heavy (non-hydrogen) atoms. The molecular formula is C17H25N3O2. The van der Waals surface area contributed by atoms with Gasteiger partial charge in [-0.3, -0.25) is 0 Å². The Morgan fingerprint density at radius 1 is 1.36 bits per heavy atom. The van der Waals surface area contributed by atoms with E-state index in [0.717, 1.165) is 56.9 Å². The molecule has 2 heterocycles. The fourth-order valence-corrected chi connectivity index (χ4v) is 3.23. The summed E-state index contributed by atoms with van der Waals surface area (Å²) in [5, 5.41) is 6.03. The molecule has 1 aromatic carbocycles. The Labute approximate surface area is 132 Å². The third-order valence-electron chi connectivity index (χ3n) is 4.41. The molecule has 2 aliphatic heterocycles. The third kappa shape index (κ3) is 3.71. The van der Waals surface area contributed by atoms with E-state index in [1.807, 2.05) is 18.2 Å². The minimum absolute atomic E-state index is 0.104. The predicted molar refractivity (Wildman–Crippen MR) is 87.5 cm³/mol. The molecule has 2 aliphatic rings. The maximum absolute atomic E-state index is 12.1. The minimum atomic E-state index is -0.104. The highest BCUT2D eigenvalue weighted by atomic mass is 16.5. The summed E-state index contributed by atoms with van der Waals surface area (Å²) in [5.74, 6) is 0.939. The Kier molecular flexibility index (Phi) is 4.83. The van der Waals surface area contributed by atoms with E-state index in [4.69, 9.17) is 4.74 Å². The van der Waals surface area contributed by atoms with Gasteiger partial charge in [0.1, 0.15) is 5.75 Å². The van der Waals surface area contributed by atoms with Crippen molar-refractivity contribution in [3.8, 4) is 5.75 Å². The van der Waals surface area contributed by atoms with Crippen LogP contribution in [-0.4, -0.2) is 43.2 Å². The topological polar surface area (TPSA) is 53.6 Å². The highest BCUT2D eigenvalue weighted by Gasteiger charge is 2.20. The van der Waals surface area contributed by atoms with Gasteiger partial charge in [0.05, 0.1) is 6.61 Å². The maximum Gasteiger partial charge on any atom is 0.319 e. The number of rotatable bonds is 4. The lowest BCUT2D eigenvalue weighted by Crippen LogP contribution is -2.46. The van der Waals surface area contributed by atoms with Crippen LogP contribution in [0.15, 0.2) is 18.2 Å². The van der Waals surface area contributed by atoms with Gasteiger partial charge >= 0.3 is 6.03 Å². The summed E-state index contributed by atoms with van der Waals surface area (Å²) in [5.41, 5.74) is 2.01. The molecule has 0 atom stereocenters. The molecule has 5 nitrogen and oxygen atoms in total. The maximum atomic E-state index is 12.1. The van der Waals surface area contributed by atoms with E-state index < -0.39 is 0 Å². The number of likely N-dealkylation sites (tertiary alicyclic amines) is 1. The molecule has 2 N–H and O–H groups in total. The number of nitrogens with one attached hydrogen (secondary N) is 2. The Balaban J connectivity index is 1.47. The van der Waals surface area contributed by atoms with Gasteiger partial charge in [-0.25, -0.2) is 4.79 Å². The number of fused-ring (bicyclic) bond motifs is 1. The van der Waals surface area contributed by atoms with E-state index in [2.05, 4.69) is 22.5 Å². The first kappa shape index (κ1) is 15.2. The van der Waals surface area contributed by atoms with E-state index >= 15 is 0 Å². The molecule has 0 saturated carbocycles. The second-order valence-corrected chi connectivity index (χ2v) is 6.14. The largest absolute Gasteiger partial charge is 0.493 e. The molecule has 3 rings (SSSR count). The molecule has 1 aromatic rings. The highest BCUT2D eigenvalue weighted by molar-refractivity contribution is 5.89. The molecule has 0 bridgehead atoms. The van der Waals surface area contributed by atoms with Crippen LogP contribution < -0.4 is 15.4 Å². The Morgan fingerprint density at radius 2 is 2.18 bits per heavy atom. The summed E-state index contributed by atoms with van der Waals surface area (Å²) in [7, 11) is 0. The SMILES string of the molecule is CCCN1CCC(NC(=O)Nc2ccc3c(c2)CCO3)CC1. The molecule has 0 aromatic heterocycles. The molecule has 5 heteroatoms. The number of carbonyl (C=O) groups is 1. The number of amides is 2. The number of carbonyl (C=O) groups excluding carboxylic acids is 1. The molecule has 1 fully saturated rings. The van der Waals surface area contributed by atoms with E-state index in [1.165, 1.54) is 12.0 Å². The number of hydrogen-bond acceptors (Lipinski definition) is 3. The number of anilines is 1. The van der Waals surface area contributed by atoms with Gasteiger partial charge in [0.2, 0.25) is 0 Å². The van der Waals surface area contributed by atoms with Gasteiger partial charge in [0.25, 0.3) is 0 Å². The van der Waals surface area contributed by atoms with E-state index in [-0.39, 0.29) is 12.1 Å². The van der Waals surface area contributed by atoms with Gasteiger partial charge < -0.3 is 20.3 Å². The van der Waals surface area contributed by atoms with E-state index in [9.17, 15) is 4.79 Å². The monoisotopic (exact) mass is 303 g/mol. The summed E-state index contributed by atoms with van der Waals surface area (Å²) < 4.78 is 5.48. The molecule has 2 amide bonds. The fraction of sp³-hybridized carbons (Fsp3) is 0.588. The van der Waals surface area contributed by atoms with Gasteiger partial charge in [0, 0.05) is 31.2 Å². The van der Waals surface area contributed by atoms with Gasteiger partial charge in [-0.1, -0.05) is 6.92 Å². The molecule has 0 unspecified atom stereocenters. The second-order valence-electron chi connectivity index (χ2n) is 6.14. The van der Waals surface area contributed by atoms with Crippen molar-refractivity contribution < 1.29 is 9.53 Å². The van der Waals surface area contributed by atoms with E-state index in [0.29, 0.717) is 0 Å². The molecule has 120 valence electrons. The van der Waals surface area contributed by atoms with Crippen LogP contribution in [0.4, 0.5) is 10.5 Å². The van der Waals surface area contributed by atoms with Crippen LogP contribution in [0.3, 0.4) is 0 Å². The van der Waals surface area contributed by atoms with Crippen LogP contribution in [0.25, 0.3) is 0 Å². The first-order valence-corrected chi connectivity index (χ1v) is 8.30. The van der Waals surface area contributed by atoms with Crippen LogP contribution in [0.5, 0.6) is 5.75 Å². The summed E-state index contributed by atoms with van der Waals surface area (Å²) in [4.78, 5) is 14.6. The molecule has 1 saturated heterocycles. The van der Waals surface area contributed by atoms with Crippen molar-refractivity contribution in [1.82, 2.24) is 10.2 Å². The first-order chi connectivity index (χ1) is 10.7. The number of urea groups is 1. The summed E-state index contributed by atoms with van der Waals surface area (Å²) in [6.07, 6.45) is 4.18. The van der Waals surface area contributed by atoms with Crippen molar-refractivity contribution in [2.45, 2.75) is 38.6 Å². The van der Waals surface area contributed by atoms with Crippen LogP contribution in [0.1, 0.15) is 31.7 Å². The average Bonchev–Trinajstić information content (AvgIpc) is 2.97. The normalized spacial score (nSPS) is 18.6. The summed E-state index contributed by atoms with van der Waals surface area (Å²) in [6, 6.07) is 6.01. The fourth-order valence-electron chi connectivity index (χ4n) is 3.23. The Bertz CT molecular complexity index is 525. The van der Waals surface area contributed by atoms with Gasteiger partial charge in [0.15, 0.2) is 0 Å². The van der Waals surface area contributed by atoms with Crippen LogP contribution in [0, 0.1) is 0 Å². The summed E-state index contributed by atoms with van der Waals surface area (Å²) >= 11 is 0. The Morgan fingerprint density at radius 3 is 2.95 bits per heavy atom. The molecule has 0 spiro atoms. The van der Waals surface area contributed by atoms with Crippen molar-refractivity contribution >= 4 is 11.7 Å². The van der Waals surface area contributed by atoms with Gasteiger partial charge in [-0.15, -0.1) is 0 Å². The predicted octanol–water partition coefficient (Wildman–Crippen LogP) is 2.62. The summed E-state index contributed by atoms with van der Waals surface area (Å²) in [6.45, 7) is 6.26. The number of benzene rings is 1. The molecular weight excluding hydrogens is 278 g/mol. The third-order valence-corrected chi connectivity index (χ3v) is 4.41. The quantitative estimate of drug-likeness (QED) is 0.899. The lowest BCUT2D eigenvalue weighted by atomic mass is 10.1. The minimum Gasteiger partial charge on any atom is -0.493 e. The van der Waals surface area contributed by atoms with Gasteiger partial charge in [-0.2, -0.15) is 0 Å². The zero-order chi connectivity index (χ0) is 15.4. The van der Waals surface area contributed by atoms with Gasteiger partial charge in [-0.05, 0) is 49.6 Å². The first-order valence-electron chi connectivity index (χ1n) is 8.30. The number of hydrogen-bond donors (Lipinski definition) is 2.